The van der Waals surface area contributed by atoms with E-state index in [0.29, 0.717) is 52.0 Å². The first-order valence-corrected chi connectivity index (χ1v) is 21.7. The summed E-state index contributed by atoms with van der Waals surface area (Å²) in [4.78, 5) is 63.4. The Morgan fingerprint density at radius 3 is 1.83 bits per heavy atom. The van der Waals surface area contributed by atoms with Gasteiger partial charge in [-0.3, -0.25) is 24.0 Å². The van der Waals surface area contributed by atoms with Crippen molar-refractivity contribution in [2.45, 2.75) is 215 Å². The molecule has 0 spiro atoms. The summed E-state index contributed by atoms with van der Waals surface area (Å²) in [6.45, 7) is 32.3. The molecule has 0 aromatic carbocycles. The number of hydrogen-bond donors (Lipinski definition) is 6. The molecule has 3 unspecified atom stereocenters. The Bertz CT molecular complexity index is 1320. The van der Waals surface area contributed by atoms with Crippen LogP contribution in [0.3, 0.4) is 0 Å². The van der Waals surface area contributed by atoms with Crippen molar-refractivity contribution < 1.29 is 38.6 Å². The van der Waals surface area contributed by atoms with Gasteiger partial charge >= 0.3 is 5.97 Å². The predicted molar refractivity (Wildman–Crippen MR) is 233 cm³/mol. The van der Waals surface area contributed by atoms with E-state index in [1.54, 1.807) is 13.8 Å². The SMILES string of the molecule is CCCC(C)(CC)N[C@H](CCCCNC(=O)CCC(C)(C)OCCC(C)(C)OCCNC(=O)C(C)(C)CC(C)(C)NC(=O)C(C)(N)CC(C)C(=O)O)C(=O)C(C)(C)C. The Morgan fingerprint density at radius 2 is 1.29 bits per heavy atom. The van der Waals surface area contributed by atoms with Gasteiger partial charge in [0.1, 0.15) is 0 Å². The molecule has 0 fully saturated rings. The van der Waals surface area contributed by atoms with Gasteiger partial charge in [-0.05, 0) is 113 Å². The first kappa shape index (κ1) is 55.4. The highest BCUT2D eigenvalue weighted by Gasteiger charge is 2.40. The van der Waals surface area contributed by atoms with E-state index in [2.05, 4.69) is 42.0 Å². The molecule has 0 aliphatic rings. The molecule has 0 saturated carbocycles. The van der Waals surface area contributed by atoms with Gasteiger partial charge in [0.15, 0.2) is 5.78 Å². The molecular weight excluding hydrogens is 739 g/mol. The van der Waals surface area contributed by atoms with Gasteiger partial charge in [-0.25, -0.2) is 0 Å². The fourth-order valence-electron chi connectivity index (χ4n) is 7.26. The number of Topliss-reactive ketones (excluding diaryl/α,β-unsaturated/α-hetero) is 1. The minimum atomic E-state index is -1.38. The van der Waals surface area contributed by atoms with Crippen molar-refractivity contribution in [1.82, 2.24) is 21.3 Å². The molecule has 0 radical (unpaired) electrons. The number of unbranched alkanes of at least 4 members (excludes halogenated alkanes) is 1. The van der Waals surface area contributed by atoms with Crippen LogP contribution in [0.2, 0.25) is 0 Å². The Hall–Kier alpha value is -2.61. The molecule has 0 rings (SSSR count). The van der Waals surface area contributed by atoms with Gasteiger partial charge in [-0.2, -0.15) is 0 Å². The zero-order valence-electron chi connectivity index (χ0n) is 39.6. The lowest BCUT2D eigenvalue weighted by atomic mass is 9.78. The van der Waals surface area contributed by atoms with Crippen LogP contribution in [0.5, 0.6) is 0 Å². The van der Waals surface area contributed by atoms with E-state index in [1.165, 1.54) is 13.8 Å². The predicted octanol–water partition coefficient (Wildman–Crippen LogP) is 6.83. The lowest BCUT2D eigenvalue weighted by Gasteiger charge is -2.37. The van der Waals surface area contributed by atoms with E-state index in [1.807, 2.05) is 62.3 Å². The second kappa shape index (κ2) is 23.4. The van der Waals surface area contributed by atoms with Gasteiger partial charge in [0.2, 0.25) is 17.7 Å². The summed E-state index contributed by atoms with van der Waals surface area (Å²) < 4.78 is 12.3. The molecule has 0 bridgehead atoms. The molecule has 58 heavy (non-hydrogen) atoms. The second-order valence-corrected chi connectivity index (χ2v) is 20.8. The van der Waals surface area contributed by atoms with E-state index in [0.717, 1.165) is 38.5 Å². The Balaban J connectivity index is 4.69. The molecular formula is C45H87N5O8. The number of amides is 3. The summed E-state index contributed by atoms with van der Waals surface area (Å²) in [5, 5.41) is 21.8. The molecule has 0 aromatic heterocycles. The molecule has 7 N–H and O–H groups in total. The zero-order valence-corrected chi connectivity index (χ0v) is 39.6. The summed E-state index contributed by atoms with van der Waals surface area (Å²) in [6, 6.07) is -0.203. The summed E-state index contributed by atoms with van der Waals surface area (Å²) in [7, 11) is 0. The summed E-state index contributed by atoms with van der Waals surface area (Å²) in [5.74, 6) is -2.23. The maximum atomic E-state index is 13.3. The van der Waals surface area contributed by atoms with Crippen molar-refractivity contribution in [3.05, 3.63) is 0 Å². The standard InChI is InChI=1S/C45H87N5O8/c1-17-23-44(15,18-2)49-33(35(52)39(4,5)6)21-19-20-26-47-34(51)22-24-42(11,12)57-28-25-43(13,14)58-29-27-48-37(55)40(7,8)31-41(9,10)50-38(56)45(16,46)30-32(3)36(53)54/h32-33,49H,17-31,46H2,1-16H3,(H,47,51)(H,48,55)(H,50,56)(H,53,54)/t32?,33-,44?,45?/m1/s1. The topological polar surface area (TPSA) is 198 Å². The maximum Gasteiger partial charge on any atom is 0.306 e. The van der Waals surface area contributed by atoms with Gasteiger partial charge < -0.3 is 41.6 Å². The lowest BCUT2D eigenvalue weighted by Crippen LogP contribution is -2.59. The molecule has 0 aliphatic carbocycles. The molecule has 13 nitrogen and oxygen atoms in total. The number of carboxylic acid groups (broad SMARTS) is 1. The van der Waals surface area contributed by atoms with Crippen LogP contribution in [0, 0.1) is 16.7 Å². The number of carboxylic acids is 1. The number of ketones is 1. The third-order valence-electron chi connectivity index (χ3n) is 11.1. The number of hydrogen-bond acceptors (Lipinski definition) is 9. The van der Waals surface area contributed by atoms with Gasteiger partial charge in [0.05, 0.1) is 41.9 Å². The fourth-order valence-corrected chi connectivity index (χ4v) is 7.26. The van der Waals surface area contributed by atoms with E-state index < -0.39 is 50.9 Å². The van der Waals surface area contributed by atoms with Crippen LogP contribution < -0.4 is 27.0 Å². The van der Waals surface area contributed by atoms with E-state index in [-0.39, 0.29) is 35.6 Å². The van der Waals surface area contributed by atoms with Gasteiger partial charge in [-0.15, -0.1) is 0 Å². The first-order chi connectivity index (χ1) is 26.2. The fraction of sp³-hybridized carbons (Fsp3) is 0.889. The largest absolute Gasteiger partial charge is 0.481 e. The number of ether oxygens (including phenoxy) is 2. The van der Waals surface area contributed by atoms with Crippen LogP contribution in [0.4, 0.5) is 0 Å². The van der Waals surface area contributed by atoms with E-state index >= 15 is 0 Å². The van der Waals surface area contributed by atoms with Crippen molar-refractivity contribution >= 4 is 29.5 Å². The number of rotatable bonds is 30. The monoisotopic (exact) mass is 826 g/mol. The van der Waals surface area contributed by atoms with Crippen molar-refractivity contribution in [2.24, 2.45) is 22.5 Å². The summed E-state index contributed by atoms with van der Waals surface area (Å²) in [5.41, 5.74) is 1.68. The third kappa shape index (κ3) is 22.1. The molecule has 0 aliphatic heterocycles. The highest BCUT2D eigenvalue weighted by Crippen LogP contribution is 2.30. The maximum absolute atomic E-state index is 13.3. The Labute approximate surface area is 352 Å². The van der Waals surface area contributed by atoms with Crippen LogP contribution in [0.1, 0.15) is 181 Å². The number of nitrogens with one attached hydrogen (secondary N) is 4. The number of aliphatic carboxylic acids is 1. The van der Waals surface area contributed by atoms with Crippen LogP contribution >= 0.6 is 0 Å². The van der Waals surface area contributed by atoms with Crippen LogP contribution in [0.15, 0.2) is 0 Å². The molecule has 0 saturated heterocycles. The average Bonchev–Trinajstić information content (AvgIpc) is 3.06. The molecule has 0 heterocycles. The molecule has 4 atom stereocenters. The summed E-state index contributed by atoms with van der Waals surface area (Å²) >= 11 is 0. The van der Waals surface area contributed by atoms with Crippen molar-refractivity contribution in [3.8, 4) is 0 Å². The van der Waals surface area contributed by atoms with Crippen molar-refractivity contribution in [2.75, 3.05) is 26.3 Å². The Morgan fingerprint density at radius 1 is 0.724 bits per heavy atom. The first-order valence-electron chi connectivity index (χ1n) is 21.7. The van der Waals surface area contributed by atoms with Crippen LogP contribution in [0.25, 0.3) is 0 Å². The molecule has 3 amide bonds. The average molecular weight is 826 g/mol. The van der Waals surface area contributed by atoms with Crippen LogP contribution in [-0.2, 0) is 33.4 Å². The molecule has 340 valence electrons. The third-order valence-corrected chi connectivity index (χ3v) is 11.1. The van der Waals surface area contributed by atoms with Crippen molar-refractivity contribution in [3.63, 3.8) is 0 Å². The highest BCUT2D eigenvalue weighted by molar-refractivity contribution is 5.89. The number of carbonyl (C=O) groups is 5. The van der Waals surface area contributed by atoms with Crippen molar-refractivity contribution in [1.29, 1.82) is 0 Å². The minimum absolute atomic E-state index is 0.0120. The molecule has 13 heteroatoms. The summed E-state index contributed by atoms with van der Waals surface area (Å²) in [6.07, 6.45) is 7.26. The quantitative estimate of drug-likeness (QED) is 0.0418. The molecule has 0 aromatic rings. The van der Waals surface area contributed by atoms with Gasteiger partial charge in [0.25, 0.3) is 0 Å². The van der Waals surface area contributed by atoms with E-state index in [9.17, 15) is 29.1 Å². The lowest BCUT2D eigenvalue weighted by molar-refractivity contribution is -0.142. The van der Waals surface area contributed by atoms with Gasteiger partial charge in [0, 0.05) is 41.4 Å². The Kier molecular flexibility index (Phi) is 22.4. The van der Waals surface area contributed by atoms with E-state index in [4.69, 9.17) is 15.2 Å². The smallest absolute Gasteiger partial charge is 0.306 e. The second-order valence-electron chi connectivity index (χ2n) is 20.8. The highest BCUT2D eigenvalue weighted by atomic mass is 16.5. The zero-order chi connectivity index (χ0) is 45.4. The minimum Gasteiger partial charge on any atom is -0.481 e. The normalized spacial score (nSPS) is 16.1. The van der Waals surface area contributed by atoms with Gasteiger partial charge in [-0.1, -0.05) is 61.8 Å². The number of carbonyl (C=O) groups excluding carboxylic acids is 4. The number of nitrogens with two attached hydrogens (primary N) is 1. The van der Waals surface area contributed by atoms with Crippen LogP contribution in [-0.4, -0.2) is 94.7 Å².